The molecule has 0 aromatic carbocycles. The molecule has 0 radical (unpaired) electrons. The average molecular weight is 378 g/mol. The Morgan fingerprint density at radius 2 is 2.12 bits per heavy atom. The number of hydrogen-bond acceptors (Lipinski definition) is 6. The van der Waals surface area contributed by atoms with E-state index >= 15 is 0 Å². The molecule has 0 bridgehead atoms. The van der Waals surface area contributed by atoms with Gasteiger partial charge in [0.15, 0.2) is 0 Å². The molecule has 3 aliphatic heterocycles. The number of nitrogens with zero attached hydrogens (tertiary/aromatic N) is 4. The SMILES string of the molecule is O=C(C1CCOC1)N1CCN(CCn2nc3c(cc2=O)CSCC3)CC1. The van der Waals surface area contributed by atoms with Crippen molar-refractivity contribution in [1.29, 1.82) is 0 Å². The van der Waals surface area contributed by atoms with E-state index in [1.807, 2.05) is 16.7 Å². The minimum Gasteiger partial charge on any atom is -0.381 e. The maximum absolute atomic E-state index is 12.4. The van der Waals surface area contributed by atoms with Crippen LogP contribution in [-0.4, -0.2) is 77.2 Å². The van der Waals surface area contributed by atoms with Gasteiger partial charge in [0.1, 0.15) is 0 Å². The molecule has 4 rings (SSSR count). The van der Waals surface area contributed by atoms with Gasteiger partial charge in [0.05, 0.1) is 24.8 Å². The van der Waals surface area contributed by atoms with Crippen molar-refractivity contribution in [1.82, 2.24) is 19.6 Å². The number of carbonyl (C=O) groups is 1. The van der Waals surface area contributed by atoms with Crippen molar-refractivity contribution in [2.45, 2.75) is 25.1 Å². The quantitative estimate of drug-likeness (QED) is 0.746. The highest BCUT2D eigenvalue weighted by atomic mass is 32.2. The molecule has 4 heterocycles. The highest BCUT2D eigenvalue weighted by molar-refractivity contribution is 7.98. The third-order valence-corrected chi connectivity index (χ3v) is 6.50. The molecule has 1 amide bonds. The van der Waals surface area contributed by atoms with Gasteiger partial charge in [-0.2, -0.15) is 16.9 Å². The highest BCUT2D eigenvalue weighted by Gasteiger charge is 2.30. The molecule has 1 aromatic heterocycles. The highest BCUT2D eigenvalue weighted by Crippen LogP contribution is 2.21. The third kappa shape index (κ3) is 3.97. The first kappa shape index (κ1) is 18.0. The molecule has 26 heavy (non-hydrogen) atoms. The molecule has 2 saturated heterocycles. The number of ether oxygens (including phenoxy) is 1. The number of aryl methyl sites for hydroxylation is 1. The van der Waals surface area contributed by atoms with Crippen LogP contribution >= 0.6 is 11.8 Å². The zero-order chi connectivity index (χ0) is 17.9. The first-order chi connectivity index (χ1) is 12.7. The van der Waals surface area contributed by atoms with Crippen LogP contribution in [0, 0.1) is 5.92 Å². The Hall–Kier alpha value is -1.38. The monoisotopic (exact) mass is 378 g/mol. The summed E-state index contributed by atoms with van der Waals surface area (Å²) in [6, 6.07) is 1.76. The Kier molecular flexibility index (Phi) is 5.61. The lowest BCUT2D eigenvalue weighted by atomic mass is 10.1. The number of rotatable bonds is 4. The van der Waals surface area contributed by atoms with Crippen LogP contribution < -0.4 is 5.56 Å². The van der Waals surface area contributed by atoms with Gasteiger partial charge in [-0.25, -0.2) is 4.68 Å². The molecular formula is C18H26N4O3S. The lowest BCUT2D eigenvalue weighted by molar-refractivity contribution is -0.137. The fourth-order valence-electron chi connectivity index (χ4n) is 3.83. The third-order valence-electron chi connectivity index (χ3n) is 5.50. The second-order valence-electron chi connectivity index (χ2n) is 7.21. The van der Waals surface area contributed by atoms with Gasteiger partial charge in [-0.1, -0.05) is 0 Å². The van der Waals surface area contributed by atoms with Crippen LogP contribution in [0.1, 0.15) is 17.7 Å². The van der Waals surface area contributed by atoms with E-state index < -0.39 is 0 Å². The Morgan fingerprint density at radius 3 is 2.88 bits per heavy atom. The fraction of sp³-hybridized carbons (Fsp3) is 0.722. The van der Waals surface area contributed by atoms with Gasteiger partial charge in [-0.05, 0) is 17.7 Å². The second kappa shape index (κ2) is 8.10. The summed E-state index contributed by atoms with van der Waals surface area (Å²) >= 11 is 1.86. The van der Waals surface area contributed by atoms with Gasteiger partial charge in [0.25, 0.3) is 5.56 Å². The molecule has 1 aromatic rings. The molecule has 0 saturated carbocycles. The summed E-state index contributed by atoms with van der Waals surface area (Å²) in [4.78, 5) is 29.0. The van der Waals surface area contributed by atoms with Crippen LogP contribution in [0.15, 0.2) is 10.9 Å². The number of carbonyl (C=O) groups excluding carboxylic acids is 1. The summed E-state index contributed by atoms with van der Waals surface area (Å²) in [5.41, 5.74) is 2.18. The van der Waals surface area contributed by atoms with Gasteiger partial charge in [-0.3, -0.25) is 14.5 Å². The van der Waals surface area contributed by atoms with Crippen molar-refractivity contribution >= 4 is 17.7 Å². The Morgan fingerprint density at radius 1 is 1.27 bits per heavy atom. The minimum atomic E-state index is 0.00120. The molecule has 0 N–H and O–H groups in total. The molecule has 0 spiro atoms. The zero-order valence-corrected chi connectivity index (χ0v) is 15.9. The van der Waals surface area contributed by atoms with Crippen molar-refractivity contribution in [2.75, 3.05) is 51.7 Å². The zero-order valence-electron chi connectivity index (χ0n) is 15.1. The van der Waals surface area contributed by atoms with Crippen LogP contribution in [0.4, 0.5) is 0 Å². The largest absolute Gasteiger partial charge is 0.381 e. The van der Waals surface area contributed by atoms with Gasteiger partial charge in [0.2, 0.25) is 5.91 Å². The summed E-state index contributed by atoms with van der Waals surface area (Å²) < 4.78 is 6.94. The molecule has 3 aliphatic rings. The molecule has 0 aliphatic carbocycles. The first-order valence-corrected chi connectivity index (χ1v) is 10.6. The molecule has 2 fully saturated rings. The Bertz CT molecular complexity index is 709. The van der Waals surface area contributed by atoms with E-state index in [2.05, 4.69) is 10.00 Å². The van der Waals surface area contributed by atoms with Crippen molar-refractivity contribution in [3.63, 3.8) is 0 Å². The van der Waals surface area contributed by atoms with Crippen molar-refractivity contribution in [3.05, 3.63) is 27.7 Å². The van der Waals surface area contributed by atoms with Gasteiger partial charge in [-0.15, -0.1) is 0 Å². The maximum atomic E-state index is 12.4. The first-order valence-electron chi connectivity index (χ1n) is 9.47. The number of hydrogen-bond donors (Lipinski definition) is 0. The summed E-state index contributed by atoms with van der Waals surface area (Å²) in [7, 11) is 0. The standard InChI is InChI=1S/C18H26N4O3S/c23-17-11-15-13-26-10-2-16(15)19-22(17)8-5-20-3-6-21(7-4-20)18(24)14-1-9-25-12-14/h11,14H,1-10,12-13H2. The van der Waals surface area contributed by atoms with E-state index in [4.69, 9.17) is 4.74 Å². The van der Waals surface area contributed by atoms with Crippen molar-refractivity contribution in [3.8, 4) is 0 Å². The van der Waals surface area contributed by atoms with Gasteiger partial charge >= 0.3 is 0 Å². The van der Waals surface area contributed by atoms with E-state index in [0.717, 1.165) is 68.3 Å². The smallest absolute Gasteiger partial charge is 0.267 e. The van der Waals surface area contributed by atoms with E-state index in [9.17, 15) is 9.59 Å². The van der Waals surface area contributed by atoms with Crippen LogP contribution in [0.25, 0.3) is 0 Å². The van der Waals surface area contributed by atoms with Crippen LogP contribution in [0.3, 0.4) is 0 Å². The summed E-state index contributed by atoms with van der Waals surface area (Å²) in [6.45, 7) is 5.93. The summed E-state index contributed by atoms with van der Waals surface area (Å²) in [5, 5.41) is 4.58. The van der Waals surface area contributed by atoms with E-state index in [-0.39, 0.29) is 17.4 Å². The predicted octanol–water partition coefficient (Wildman–Crippen LogP) is 0.213. The molecule has 142 valence electrons. The fourth-order valence-corrected chi connectivity index (χ4v) is 4.78. The predicted molar refractivity (Wildman–Crippen MR) is 100 cm³/mol. The second-order valence-corrected chi connectivity index (χ2v) is 8.31. The molecular weight excluding hydrogens is 352 g/mol. The van der Waals surface area contributed by atoms with Gasteiger partial charge in [0, 0.05) is 57.6 Å². The lowest BCUT2D eigenvalue weighted by Crippen LogP contribution is -2.51. The van der Waals surface area contributed by atoms with Crippen LogP contribution in [0.5, 0.6) is 0 Å². The number of amides is 1. The minimum absolute atomic E-state index is 0.00120. The van der Waals surface area contributed by atoms with E-state index in [1.54, 1.807) is 10.7 Å². The van der Waals surface area contributed by atoms with E-state index in [0.29, 0.717) is 19.8 Å². The summed E-state index contributed by atoms with van der Waals surface area (Å²) in [6.07, 6.45) is 1.80. The number of thioether (sulfide) groups is 1. The normalized spacial score (nSPS) is 23.8. The van der Waals surface area contributed by atoms with Crippen molar-refractivity contribution in [2.24, 2.45) is 5.92 Å². The average Bonchev–Trinajstić information content (AvgIpc) is 3.21. The lowest BCUT2D eigenvalue weighted by Gasteiger charge is -2.35. The van der Waals surface area contributed by atoms with Gasteiger partial charge < -0.3 is 9.64 Å². The van der Waals surface area contributed by atoms with Crippen molar-refractivity contribution < 1.29 is 9.53 Å². The molecule has 8 heteroatoms. The Balaban J connectivity index is 1.28. The maximum Gasteiger partial charge on any atom is 0.267 e. The summed E-state index contributed by atoms with van der Waals surface area (Å²) in [5.74, 6) is 2.28. The topological polar surface area (TPSA) is 67.7 Å². The number of aromatic nitrogens is 2. The van der Waals surface area contributed by atoms with Crippen LogP contribution in [-0.2, 0) is 28.2 Å². The molecule has 1 atom stereocenters. The Labute approximate surface area is 157 Å². The number of piperazine rings is 1. The van der Waals surface area contributed by atoms with E-state index in [1.165, 1.54) is 0 Å². The molecule has 1 unspecified atom stereocenters. The molecule has 7 nitrogen and oxygen atoms in total. The number of fused-ring (bicyclic) bond motifs is 1. The van der Waals surface area contributed by atoms with Crippen LogP contribution in [0.2, 0.25) is 0 Å².